The molecule has 0 aromatic heterocycles. The molecule has 2 fully saturated rings. The van der Waals surface area contributed by atoms with E-state index in [1.54, 1.807) is 22.5 Å². The lowest BCUT2D eigenvalue weighted by Crippen LogP contribution is -2.37. The van der Waals surface area contributed by atoms with Crippen LogP contribution in [-0.2, 0) is 10.0 Å². The number of ether oxygens (including phenoxy) is 2. The number of sulfonamides is 1. The van der Waals surface area contributed by atoms with Crippen molar-refractivity contribution in [2.24, 2.45) is 10.8 Å². The van der Waals surface area contributed by atoms with Crippen molar-refractivity contribution < 1.29 is 17.9 Å². The molecule has 1 aromatic carbocycles. The Balaban J connectivity index is 2.03. The third-order valence-corrected chi connectivity index (χ3v) is 7.24. The highest BCUT2D eigenvalue weighted by atomic mass is 32.2. The summed E-state index contributed by atoms with van der Waals surface area (Å²) in [5, 5.41) is 0. The second kappa shape index (κ2) is 5.63. The van der Waals surface area contributed by atoms with Crippen LogP contribution in [-0.4, -0.2) is 39.5 Å². The molecular weight excluding hydrogens is 326 g/mol. The first-order chi connectivity index (χ1) is 11.1. The molecule has 134 valence electrons. The summed E-state index contributed by atoms with van der Waals surface area (Å²) in [6.45, 7) is 7.25. The van der Waals surface area contributed by atoms with Crippen LogP contribution in [0.1, 0.15) is 40.0 Å². The van der Waals surface area contributed by atoms with Crippen molar-refractivity contribution in [1.82, 2.24) is 4.31 Å². The van der Waals surface area contributed by atoms with Gasteiger partial charge in [-0.05, 0) is 42.2 Å². The van der Waals surface area contributed by atoms with Crippen LogP contribution in [0, 0.1) is 10.8 Å². The summed E-state index contributed by atoms with van der Waals surface area (Å²) in [5.41, 5.74) is 0.214. The van der Waals surface area contributed by atoms with E-state index in [9.17, 15) is 8.42 Å². The van der Waals surface area contributed by atoms with Crippen LogP contribution >= 0.6 is 0 Å². The van der Waals surface area contributed by atoms with Gasteiger partial charge in [-0.2, -0.15) is 4.31 Å². The molecule has 24 heavy (non-hydrogen) atoms. The molecule has 1 saturated heterocycles. The van der Waals surface area contributed by atoms with Gasteiger partial charge in [-0.25, -0.2) is 8.42 Å². The molecule has 5 nitrogen and oxygen atoms in total. The first-order valence-electron chi connectivity index (χ1n) is 8.34. The zero-order valence-electron chi connectivity index (χ0n) is 15.1. The molecule has 0 radical (unpaired) electrons. The number of hydrogen-bond donors (Lipinski definition) is 0. The Bertz CT molecular complexity index is 743. The van der Waals surface area contributed by atoms with Gasteiger partial charge in [-0.3, -0.25) is 0 Å². The maximum atomic E-state index is 13.4. The molecule has 6 heteroatoms. The van der Waals surface area contributed by atoms with E-state index in [1.807, 2.05) is 0 Å². The number of methoxy groups -OCH3 is 2. The van der Waals surface area contributed by atoms with Crippen molar-refractivity contribution >= 4 is 10.0 Å². The van der Waals surface area contributed by atoms with E-state index >= 15 is 0 Å². The van der Waals surface area contributed by atoms with E-state index in [4.69, 9.17) is 9.47 Å². The van der Waals surface area contributed by atoms with Crippen molar-refractivity contribution in [3.8, 4) is 11.5 Å². The predicted octanol–water partition coefficient (Wildman–Crippen LogP) is 3.29. The minimum Gasteiger partial charge on any atom is -0.497 e. The Labute approximate surface area is 145 Å². The summed E-state index contributed by atoms with van der Waals surface area (Å²) in [7, 11) is -0.602. The third kappa shape index (κ3) is 2.90. The summed E-state index contributed by atoms with van der Waals surface area (Å²) >= 11 is 0. The molecule has 2 bridgehead atoms. The second-order valence-electron chi connectivity index (χ2n) is 8.28. The third-order valence-electron chi connectivity index (χ3n) is 5.32. The van der Waals surface area contributed by atoms with Crippen LogP contribution < -0.4 is 9.47 Å². The van der Waals surface area contributed by atoms with Gasteiger partial charge in [-0.15, -0.1) is 0 Å². The van der Waals surface area contributed by atoms with Gasteiger partial charge >= 0.3 is 0 Å². The average molecular weight is 353 g/mol. The molecule has 1 aliphatic heterocycles. The van der Waals surface area contributed by atoms with Crippen LogP contribution in [0.3, 0.4) is 0 Å². The van der Waals surface area contributed by atoms with Gasteiger partial charge in [0.25, 0.3) is 0 Å². The van der Waals surface area contributed by atoms with E-state index in [1.165, 1.54) is 14.2 Å². The Morgan fingerprint density at radius 3 is 2.46 bits per heavy atom. The average Bonchev–Trinajstić information content (AvgIpc) is 2.76. The molecule has 1 aromatic rings. The smallest absolute Gasteiger partial charge is 0.247 e. The van der Waals surface area contributed by atoms with E-state index in [-0.39, 0.29) is 21.8 Å². The SMILES string of the molecule is COc1ccc(OC)c(S(=O)(=O)N2CC3(C)CC2CC(C)(C)C3)c1. The van der Waals surface area contributed by atoms with Crippen molar-refractivity contribution in [3.63, 3.8) is 0 Å². The highest BCUT2D eigenvalue weighted by Crippen LogP contribution is 2.54. The normalized spacial score (nSPS) is 29.5. The van der Waals surface area contributed by atoms with Crippen LogP contribution in [0.2, 0.25) is 0 Å². The second-order valence-corrected chi connectivity index (χ2v) is 10.1. The van der Waals surface area contributed by atoms with Crippen LogP contribution in [0.5, 0.6) is 11.5 Å². The molecule has 2 unspecified atom stereocenters. The Kier molecular flexibility index (Phi) is 4.12. The fourth-order valence-electron chi connectivity index (χ4n) is 4.80. The van der Waals surface area contributed by atoms with E-state index in [0.29, 0.717) is 18.0 Å². The predicted molar refractivity (Wildman–Crippen MR) is 93.0 cm³/mol. The largest absolute Gasteiger partial charge is 0.497 e. The molecule has 0 spiro atoms. The van der Waals surface area contributed by atoms with Gasteiger partial charge in [0.05, 0.1) is 14.2 Å². The van der Waals surface area contributed by atoms with Gasteiger partial charge in [0, 0.05) is 18.7 Å². The van der Waals surface area contributed by atoms with Crippen molar-refractivity contribution in [2.75, 3.05) is 20.8 Å². The Morgan fingerprint density at radius 2 is 1.83 bits per heavy atom. The highest BCUT2D eigenvalue weighted by molar-refractivity contribution is 7.89. The lowest BCUT2D eigenvalue weighted by atomic mass is 9.65. The van der Waals surface area contributed by atoms with Crippen LogP contribution in [0.4, 0.5) is 0 Å². The molecule has 1 saturated carbocycles. The summed E-state index contributed by atoms with van der Waals surface area (Å²) in [6, 6.07) is 4.98. The molecule has 2 aliphatic rings. The monoisotopic (exact) mass is 353 g/mol. The van der Waals surface area contributed by atoms with Gasteiger partial charge in [-0.1, -0.05) is 20.8 Å². The van der Waals surface area contributed by atoms with Crippen LogP contribution in [0.15, 0.2) is 23.1 Å². The van der Waals surface area contributed by atoms with E-state index in [0.717, 1.165) is 19.3 Å². The number of benzene rings is 1. The molecule has 1 heterocycles. The summed E-state index contributed by atoms with van der Waals surface area (Å²) in [5.74, 6) is 0.879. The zero-order valence-corrected chi connectivity index (χ0v) is 15.9. The van der Waals surface area contributed by atoms with E-state index in [2.05, 4.69) is 20.8 Å². The fourth-order valence-corrected chi connectivity index (χ4v) is 6.75. The van der Waals surface area contributed by atoms with Crippen molar-refractivity contribution in [2.45, 2.75) is 51.0 Å². The van der Waals surface area contributed by atoms with Crippen molar-refractivity contribution in [3.05, 3.63) is 18.2 Å². The maximum Gasteiger partial charge on any atom is 0.247 e. The van der Waals surface area contributed by atoms with Gasteiger partial charge in [0.1, 0.15) is 16.4 Å². The minimum absolute atomic E-state index is 0.0472. The Hall–Kier alpha value is -1.27. The number of nitrogens with zero attached hydrogens (tertiary/aromatic N) is 1. The standard InChI is InChI=1S/C18H27NO4S/c1-17(2)9-13-10-18(3,11-17)12-19(13)24(20,21)16-8-14(22-4)6-7-15(16)23-5/h6-8,13H,9-12H2,1-5H3. The number of fused-ring (bicyclic) bond motifs is 2. The molecule has 3 rings (SSSR count). The van der Waals surface area contributed by atoms with Crippen LogP contribution in [0.25, 0.3) is 0 Å². The van der Waals surface area contributed by atoms with E-state index < -0.39 is 10.0 Å². The quantitative estimate of drug-likeness (QED) is 0.833. The first-order valence-corrected chi connectivity index (χ1v) is 9.78. The molecular formula is C18H27NO4S. The van der Waals surface area contributed by atoms with Gasteiger partial charge in [0.2, 0.25) is 10.0 Å². The summed E-state index contributed by atoms with van der Waals surface area (Å²) in [4.78, 5) is 0.193. The summed E-state index contributed by atoms with van der Waals surface area (Å²) in [6.07, 6.45) is 2.88. The molecule has 0 amide bonds. The topological polar surface area (TPSA) is 55.8 Å². The fraction of sp³-hybridized carbons (Fsp3) is 0.667. The highest BCUT2D eigenvalue weighted by Gasteiger charge is 2.53. The lowest BCUT2D eigenvalue weighted by Gasteiger charge is -2.39. The number of hydrogen-bond acceptors (Lipinski definition) is 4. The first kappa shape index (κ1) is 17.5. The molecule has 2 atom stereocenters. The zero-order chi connectivity index (χ0) is 17.8. The van der Waals surface area contributed by atoms with Crippen molar-refractivity contribution in [1.29, 1.82) is 0 Å². The lowest BCUT2D eigenvalue weighted by molar-refractivity contribution is 0.133. The maximum absolute atomic E-state index is 13.4. The molecule has 0 N–H and O–H groups in total. The Morgan fingerprint density at radius 1 is 1.12 bits per heavy atom. The van der Waals surface area contributed by atoms with Gasteiger partial charge < -0.3 is 9.47 Å². The van der Waals surface area contributed by atoms with Gasteiger partial charge in [0.15, 0.2) is 0 Å². The number of rotatable bonds is 4. The molecule has 1 aliphatic carbocycles. The summed E-state index contributed by atoms with van der Waals surface area (Å²) < 4.78 is 39.0. The minimum atomic E-state index is -3.63.